The summed E-state index contributed by atoms with van der Waals surface area (Å²) < 4.78 is 5.56. The van der Waals surface area contributed by atoms with Crippen LogP contribution in [0.1, 0.15) is 28.5 Å². The number of aryl methyl sites for hydroxylation is 1. The average molecular weight is 460 g/mol. The molecule has 7 heteroatoms. The number of hydrogen-bond donors (Lipinski definition) is 2. The Kier molecular flexibility index (Phi) is 9.89. The lowest BCUT2D eigenvalue weighted by atomic mass is 10.1. The minimum Gasteiger partial charge on any atom is -0.375 e. The van der Waals surface area contributed by atoms with Crippen molar-refractivity contribution in [3.05, 3.63) is 52.0 Å². The molecule has 1 unspecified atom stereocenters. The summed E-state index contributed by atoms with van der Waals surface area (Å²) in [7, 11) is 3.48. The van der Waals surface area contributed by atoms with Gasteiger partial charge >= 0.3 is 0 Å². The molecule has 2 rings (SSSR count). The van der Waals surface area contributed by atoms with E-state index in [9.17, 15) is 0 Å². The maximum atomic E-state index is 5.56. The number of ether oxygens (including phenoxy) is 1. The van der Waals surface area contributed by atoms with Crippen molar-refractivity contribution in [1.82, 2.24) is 15.6 Å². The monoisotopic (exact) mass is 460 g/mol. The summed E-state index contributed by atoms with van der Waals surface area (Å²) in [6, 6.07) is 10.2. The molecule has 0 bridgehead atoms. The van der Waals surface area contributed by atoms with E-state index in [1.807, 2.05) is 24.4 Å². The van der Waals surface area contributed by atoms with Gasteiger partial charge in [-0.3, -0.25) is 4.99 Å². The summed E-state index contributed by atoms with van der Waals surface area (Å²) in [6.45, 7) is 3.46. The quantitative estimate of drug-likeness (QED) is 0.378. The van der Waals surface area contributed by atoms with Crippen molar-refractivity contribution in [2.24, 2.45) is 4.99 Å². The normalized spacial score (nSPS) is 12.4. The first-order valence-electron chi connectivity index (χ1n) is 7.72. The summed E-state index contributed by atoms with van der Waals surface area (Å²) in [5.41, 5.74) is 1.14. The van der Waals surface area contributed by atoms with Crippen molar-refractivity contribution in [3.63, 3.8) is 0 Å². The molecule has 2 N–H and O–H groups in total. The number of benzene rings is 1. The molecule has 0 saturated carbocycles. The van der Waals surface area contributed by atoms with Gasteiger partial charge in [0, 0.05) is 31.8 Å². The molecule has 5 nitrogen and oxygen atoms in total. The van der Waals surface area contributed by atoms with Gasteiger partial charge < -0.3 is 15.4 Å². The van der Waals surface area contributed by atoms with Gasteiger partial charge in [0.05, 0.1) is 12.6 Å². The van der Waals surface area contributed by atoms with Gasteiger partial charge in [-0.25, -0.2) is 4.98 Å². The highest BCUT2D eigenvalue weighted by Gasteiger charge is 2.11. The number of methoxy groups -OCH3 is 1. The van der Waals surface area contributed by atoms with Crippen LogP contribution in [0.3, 0.4) is 0 Å². The highest BCUT2D eigenvalue weighted by Crippen LogP contribution is 2.15. The van der Waals surface area contributed by atoms with Gasteiger partial charge in [0.2, 0.25) is 0 Å². The third-order valence-corrected chi connectivity index (χ3v) is 4.63. The molecule has 1 heterocycles. The number of hydrogen-bond acceptors (Lipinski definition) is 4. The standard InChI is InChI=1S/C17H24N4OS.HI/c1-4-14-10-19-16(23-14)12-21-17(18-2)20-11-15(22-3)13-8-6-5-7-9-13;/h5-10,15H,4,11-12H2,1-3H3,(H2,18,20,21);1H. The van der Waals surface area contributed by atoms with E-state index in [2.05, 4.69) is 39.7 Å². The lowest BCUT2D eigenvalue weighted by molar-refractivity contribution is 0.106. The third kappa shape index (κ3) is 6.37. The number of thiazole rings is 1. The highest BCUT2D eigenvalue weighted by molar-refractivity contribution is 14.0. The van der Waals surface area contributed by atoms with Gasteiger partial charge in [-0.2, -0.15) is 0 Å². The first-order chi connectivity index (χ1) is 11.3. The maximum Gasteiger partial charge on any atom is 0.191 e. The number of nitrogens with one attached hydrogen (secondary N) is 2. The number of rotatable bonds is 7. The second-order valence-corrected chi connectivity index (χ2v) is 6.22. The number of aliphatic imine (C=N–C) groups is 1. The maximum absolute atomic E-state index is 5.56. The Bertz CT molecular complexity index is 618. The lowest BCUT2D eigenvalue weighted by Crippen LogP contribution is -2.39. The van der Waals surface area contributed by atoms with Crippen molar-refractivity contribution >= 4 is 41.3 Å². The molecule has 0 aliphatic carbocycles. The Morgan fingerprint density at radius 2 is 2.04 bits per heavy atom. The molecule has 0 aliphatic heterocycles. The Labute approximate surface area is 165 Å². The first-order valence-corrected chi connectivity index (χ1v) is 8.54. The SMILES string of the molecule is CCc1cnc(CNC(=NC)NCC(OC)c2ccccc2)s1.I. The number of nitrogens with zero attached hydrogens (tertiary/aromatic N) is 2. The zero-order chi connectivity index (χ0) is 16.5. The second kappa shape index (κ2) is 11.4. The Morgan fingerprint density at radius 1 is 1.29 bits per heavy atom. The van der Waals surface area contributed by atoms with Crippen LogP contribution in [0.4, 0.5) is 0 Å². The Hall–Kier alpha value is -1.19. The van der Waals surface area contributed by atoms with Crippen LogP contribution in [0, 0.1) is 0 Å². The molecule has 0 spiro atoms. The van der Waals surface area contributed by atoms with Gasteiger partial charge in [0.15, 0.2) is 5.96 Å². The molecule has 0 saturated heterocycles. The summed E-state index contributed by atoms with van der Waals surface area (Å²) in [5, 5.41) is 7.65. The smallest absolute Gasteiger partial charge is 0.191 e. The number of aromatic nitrogens is 1. The van der Waals surface area contributed by atoms with E-state index in [-0.39, 0.29) is 30.1 Å². The lowest BCUT2D eigenvalue weighted by Gasteiger charge is -2.18. The molecular formula is C17H25IN4OS. The largest absolute Gasteiger partial charge is 0.375 e. The van der Waals surface area contributed by atoms with Crippen LogP contribution in [0.2, 0.25) is 0 Å². The summed E-state index contributed by atoms with van der Waals surface area (Å²) in [4.78, 5) is 9.95. The van der Waals surface area contributed by atoms with Crippen LogP contribution in [0.15, 0.2) is 41.5 Å². The average Bonchev–Trinajstić information content (AvgIpc) is 3.07. The fraction of sp³-hybridized carbons (Fsp3) is 0.412. The Morgan fingerprint density at radius 3 is 2.62 bits per heavy atom. The molecule has 24 heavy (non-hydrogen) atoms. The van der Waals surface area contributed by atoms with Crippen LogP contribution in [0.25, 0.3) is 0 Å². The topological polar surface area (TPSA) is 58.5 Å². The van der Waals surface area contributed by atoms with E-state index in [1.54, 1.807) is 25.5 Å². The van der Waals surface area contributed by atoms with Gasteiger partial charge in [-0.1, -0.05) is 37.3 Å². The van der Waals surface area contributed by atoms with Gasteiger partial charge in [0.25, 0.3) is 0 Å². The molecular weight excluding hydrogens is 435 g/mol. The fourth-order valence-corrected chi connectivity index (χ4v) is 2.97. The predicted molar refractivity (Wildman–Crippen MR) is 111 cm³/mol. The van der Waals surface area contributed by atoms with Crippen molar-refractivity contribution in [3.8, 4) is 0 Å². The minimum atomic E-state index is -0.0127. The van der Waals surface area contributed by atoms with Crippen LogP contribution in [-0.4, -0.2) is 31.6 Å². The molecule has 1 atom stereocenters. The molecule has 1 aromatic carbocycles. The van der Waals surface area contributed by atoms with Crippen LogP contribution in [-0.2, 0) is 17.7 Å². The van der Waals surface area contributed by atoms with Crippen LogP contribution < -0.4 is 10.6 Å². The van der Waals surface area contributed by atoms with Crippen LogP contribution in [0.5, 0.6) is 0 Å². The van der Waals surface area contributed by atoms with Gasteiger partial charge in [0.1, 0.15) is 5.01 Å². The summed E-state index contributed by atoms with van der Waals surface area (Å²) in [5.74, 6) is 0.747. The zero-order valence-corrected chi connectivity index (χ0v) is 17.4. The molecule has 0 amide bonds. The molecule has 0 fully saturated rings. The molecule has 2 aromatic rings. The predicted octanol–water partition coefficient (Wildman–Crippen LogP) is 3.38. The third-order valence-electron chi connectivity index (χ3n) is 3.49. The van der Waals surface area contributed by atoms with Crippen LogP contribution >= 0.6 is 35.3 Å². The van der Waals surface area contributed by atoms with E-state index >= 15 is 0 Å². The van der Waals surface area contributed by atoms with E-state index in [0.29, 0.717) is 13.1 Å². The number of guanidine groups is 1. The minimum absolute atomic E-state index is 0. The van der Waals surface area contributed by atoms with E-state index < -0.39 is 0 Å². The molecule has 1 aromatic heterocycles. The van der Waals surface area contributed by atoms with E-state index in [0.717, 1.165) is 23.0 Å². The first kappa shape index (κ1) is 20.9. The van der Waals surface area contributed by atoms with Crippen molar-refractivity contribution < 1.29 is 4.74 Å². The highest BCUT2D eigenvalue weighted by atomic mass is 127. The van der Waals surface area contributed by atoms with Crippen molar-refractivity contribution in [2.45, 2.75) is 26.0 Å². The summed E-state index contributed by atoms with van der Waals surface area (Å²) in [6.07, 6.45) is 2.95. The molecule has 0 radical (unpaired) electrons. The number of halogens is 1. The van der Waals surface area contributed by atoms with Gasteiger partial charge in [-0.05, 0) is 12.0 Å². The van der Waals surface area contributed by atoms with Crippen molar-refractivity contribution in [1.29, 1.82) is 0 Å². The van der Waals surface area contributed by atoms with E-state index in [1.165, 1.54) is 4.88 Å². The zero-order valence-electron chi connectivity index (χ0n) is 14.3. The molecule has 132 valence electrons. The summed E-state index contributed by atoms with van der Waals surface area (Å²) >= 11 is 1.73. The van der Waals surface area contributed by atoms with Gasteiger partial charge in [-0.15, -0.1) is 35.3 Å². The molecule has 0 aliphatic rings. The Balaban J connectivity index is 0.00000288. The van der Waals surface area contributed by atoms with E-state index in [4.69, 9.17) is 4.74 Å². The van der Waals surface area contributed by atoms with Crippen molar-refractivity contribution in [2.75, 3.05) is 20.7 Å². The second-order valence-electron chi connectivity index (χ2n) is 5.02. The fourth-order valence-electron chi connectivity index (χ4n) is 2.17.